The number of rotatable bonds is 10. The third kappa shape index (κ3) is 7.65. The molecule has 1 N–H and O–H groups in total. The summed E-state index contributed by atoms with van der Waals surface area (Å²) in [6.45, 7) is 5.38. The fourth-order valence-corrected chi connectivity index (χ4v) is 1.93. The Labute approximate surface area is 126 Å². The van der Waals surface area contributed by atoms with E-state index in [0.29, 0.717) is 12.5 Å². The van der Waals surface area contributed by atoms with E-state index in [4.69, 9.17) is 9.47 Å². The highest BCUT2D eigenvalue weighted by Gasteiger charge is 2.06. The molecule has 0 saturated heterocycles. The predicted molar refractivity (Wildman–Crippen MR) is 85.9 cm³/mol. The number of aliphatic hydroxyl groups is 1. The Morgan fingerprint density at radius 2 is 1.65 bits per heavy atom. The lowest BCUT2D eigenvalue weighted by molar-refractivity contribution is 0.0950. The number of hydrogen-bond acceptors (Lipinski definition) is 4. The standard InChI is InChI=1S/C16H26O3S/c1-13(2)4-5-14(17)12-19-16-8-6-15(7-9-16)18-10-11-20-3/h6-9,13-14,17H,4-5,10-12H2,1-3H3. The predicted octanol–water partition coefficient (Wildman–Crippen LogP) is 3.60. The maximum Gasteiger partial charge on any atom is 0.119 e. The summed E-state index contributed by atoms with van der Waals surface area (Å²) in [7, 11) is 0. The van der Waals surface area contributed by atoms with Crippen LogP contribution in [0.3, 0.4) is 0 Å². The Hall–Kier alpha value is -0.870. The highest BCUT2D eigenvalue weighted by molar-refractivity contribution is 7.98. The van der Waals surface area contributed by atoms with Gasteiger partial charge in [-0.25, -0.2) is 0 Å². The number of aliphatic hydroxyl groups excluding tert-OH is 1. The van der Waals surface area contributed by atoms with Gasteiger partial charge >= 0.3 is 0 Å². The van der Waals surface area contributed by atoms with Gasteiger partial charge < -0.3 is 14.6 Å². The van der Waals surface area contributed by atoms with Gasteiger partial charge in [-0.05, 0) is 49.3 Å². The largest absolute Gasteiger partial charge is 0.493 e. The molecule has 114 valence electrons. The number of thioether (sulfide) groups is 1. The smallest absolute Gasteiger partial charge is 0.119 e. The van der Waals surface area contributed by atoms with E-state index in [-0.39, 0.29) is 0 Å². The SMILES string of the molecule is CSCCOc1ccc(OCC(O)CCC(C)C)cc1. The first kappa shape index (κ1) is 17.2. The van der Waals surface area contributed by atoms with Crippen molar-refractivity contribution >= 4 is 11.8 Å². The molecule has 1 rings (SSSR count). The van der Waals surface area contributed by atoms with Gasteiger partial charge in [0.2, 0.25) is 0 Å². The summed E-state index contributed by atoms with van der Waals surface area (Å²) in [4.78, 5) is 0. The van der Waals surface area contributed by atoms with E-state index in [1.54, 1.807) is 11.8 Å². The molecule has 20 heavy (non-hydrogen) atoms. The molecule has 0 aliphatic rings. The average Bonchev–Trinajstić information content (AvgIpc) is 2.44. The summed E-state index contributed by atoms with van der Waals surface area (Å²) in [5.74, 6) is 3.22. The molecule has 3 nitrogen and oxygen atoms in total. The lowest BCUT2D eigenvalue weighted by Crippen LogP contribution is -2.18. The van der Waals surface area contributed by atoms with Gasteiger partial charge in [0.15, 0.2) is 0 Å². The minimum absolute atomic E-state index is 0.347. The molecular weight excluding hydrogens is 272 g/mol. The number of hydrogen-bond donors (Lipinski definition) is 1. The molecule has 1 aromatic carbocycles. The van der Waals surface area contributed by atoms with Gasteiger partial charge in [-0.2, -0.15) is 11.8 Å². The second kappa shape index (κ2) is 9.94. The number of ether oxygens (including phenoxy) is 2. The van der Waals surface area contributed by atoms with Crippen LogP contribution < -0.4 is 9.47 Å². The van der Waals surface area contributed by atoms with Gasteiger partial charge in [0.25, 0.3) is 0 Å². The number of benzene rings is 1. The highest BCUT2D eigenvalue weighted by atomic mass is 32.2. The van der Waals surface area contributed by atoms with Gasteiger partial charge in [-0.1, -0.05) is 13.8 Å². The molecule has 0 spiro atoms. The van der Waals surface area contributed by atoms with Crippen LogP contribution in [-0.2, 0) is 0 Å². The molecule has 1 atom stereocenters. The molecule has 1 aromatic rings. The van der Waals surface area contributed by atoms with Gasteiger partial charge in [0.1, 0.15) is 18.1 Å². The summed E-state index contributed by atoms with van der Waals surface area (Å²) < 4.78 is 11.1. The molecule has 1 unspecified atom stereocenters. The zero-order chi connectivity index (χ0) is 14.8. The Morgan fingerprint density at radius 3 is 2.20 bits per heavy atom. The molecule has 0 heterocycles. The van der Waals surface area contributed by atoms with Crippen LogP contribution in [0, 0.1) is 5.92 Å². The molecule has 0 aliphatic carbocycles. The van der Waals surface area contributed by atoms with Crippen molar-refractivity contribution < 1.29 is 14.6 Å². The van der Waals surface area contributed by atoms with E-state index in [2.05, 4.69) is 20.1 Å². The molecule has 0 bridgehead atoms. The maximum atomic E-state index is 9.81. The van der Waals surface area contributed by atoms with Crippen LogP contribution in [-0.4, -0.2) is 36.4 Å². The average molecular weight is 298 g/mol. The summed E-state index contributed by atoms with van der Waals surface area (Å²) >= 11 is 1.76. The van der Waals surface area contributed by atoms with Crippen LogP contribution in [0.5, 0.6) is 11.5 Å². The zero-order valence-electron chi connectivity index (χ0n) is 12.7. The van der Waals surface area contributed by atoms with Gasteiger partial charge in [-0.15, -0.1) is 0 Å². The fraction of sp³-hybridized carbons (Fsp3) is 0.625. The fourth-order valence-electron chi connectivity index (χ4n) is 1.68. The lowest BCUT2D eigenvalue weighted by Gasteiger charge is -2.13. The molecule has 0 amide bonds. The van der Waals surface area contributed by atoms with E-state index < -0.39 is 6.10 Å². The van der Waals surface area contributed by atoms with Crippen molar-refractivity contribution in [1.29, 1.82) is 0 Å². The Kier molecular flexibility index (Phi) is 8.54. The maximum absolute atomic E-state index is 9.81. The highest BCUT2D eigenvalue weighted by Crippen LogP contribution is 2.18. The zero-order valence-corrected chi connectivity index (χ0v) is 13.5. The van der Waals surface area contributed by atoms with E-state index in [1.807, 2.05) is 24.3 Å². The molecule has 0 fully saturated rings. The molecule has 4 heteroatoms. The third-order valence-corrected chi connectivity index (χ3v) is 3.47. The Bertz CT molecular complexity index is 351. The van der Waals surface area contributed by atoms with Gasteiger partial charge in [-0.3, -0.25) is 0 Å². The van der Waals surface area contributed by atoms with Crippen molar-refractivity contribution in [2.45, 2.75) is 32.8 Å². The van der Waals surface area contributed by atoms with Crippen molar-refractivity contribution in [3.05, 3.63) is 24.3 Å². The Morgan fingerprint density at radius 1 is 1.05 bits per heavy atom. The first-order valence-electron chi connectivity index (χ1n) is 7.14. The monoisotopic (exact) mass is 298 g/mol. The lowest BCUT2D eigenvalue weighted by atomic mass is 10.1. The van der Waals surface area contributed by atoms with E-state index in [0.717, 1.165) is 36.7 Å². The normalized spacial score (nSPS) is 12.4. The van der Waals surface area contributed by atoms with E-state index >= 15 is 0 Å². The van der Waals surface area contributed by atoms with Crippen LogP contribution >= 0.6 is 11.8 Å². The van der Waals surface area contributed by atoms with Crippen molar-refractivity contribution in [2.75, 3.05) is 25.2 Å². The van der Waals surface area contributed by atoms with Gasteiger partial charge in [0, 0.05) is 5.75 Å². The van der Waals surface area contributed by atoms with E-state index in [9.17, 15) is 5.11 Å². The van der Waals surface area contributed by atoms with Crippen molar-refractivity contribution in [3.63, 3.8) is 0 Å². The minimum Gasteiger partial charge on any atom is -0.493 e. The van der Waals surface area contributed by atoms with Crippen LogP contribution in [0.1, 0.15) is 26.7 Å². The molecular formula is C16H26O3S. The first-order valence-corrected chi connectivity index (χ1v) is 8.54. The third-order valence-electron chi connectivity index (χ3n) is 2.90. The second-order valence-electron chi connectivity index (χ2n) is 5.25. The minimum atomic E-state index is -0.394. The molecule has 0 radical (unpaired) electrons. The summed E-state index contributed by atoms with van der Waals surface area (Å²) in [6.07, 6.45) is 3.47. The summed E-state index contributed by atoms with van der Waals surface area (Å²) in [5, 5.41) is 9.81. The first-order chi connectivity index (χ1) is 9.61. The topological polar surface area (TPSA) is 38.7 Å². The molecule has 0 aliphatic heterocycles. The quantitative estimate of drug-likeness (QED) is 0.670. The van der Waals surface area contributed by atoms with Crippen LogP contribution in [0.4, 0.5) is 0 Å². The second-order valence-corrected chi connectivity index (χ2v) is 6.23. The van der Waals surface area contributed by atoms with Crippen LogP contribution in [0.25, 0.3) is 0 Å². The van der Waals surface area contributed by atoms with Crippen LogP contribution in [0.15, 0.2) is 24.3 Å². The van der Waals surface area contributed by atoms with Crippen molar-refractivity contribution in [1.82, 2.24) is 0 Å². The molecule has 0 saturated carbocycles. The van der Waals surface area contributed by atoms with Gasteiger partial charge in [0.05, 0.1) is 12.7 Å². The van der Waals surface area contributed by atoms with Crippen molar-refractivity contribution in [2.24, 2.45) is 5.92 Å². The van der Waals surface area contributed by atoms with Crippen LogP contribution in [0.2, 0.25) is 0 Å². The molecule has 0 aromatic heterocycles. The van der Waals surface area contributed by atoms with Crippen molar-refractivity contribution in [3.8, 4) is 11.5 Å². The Balaban J connectivity index is 2.27. The summed E-state index contributed by atoms with van der Waals surface area (Å²) in [5.41, 5.74) is 0. The summed E-state index contributed by atoms with van der Waals surface area (Å²) in [6, 6.07) is 7.56. The van der Waals surface area contributed by atoms with E-state index in [1.165, 1.54) is 0 Å².